The fraction of sp³-hybridized carbons (Fsp3) is 0.417. The van der Waals surface area contributed by atoms with E-state index in [0.717, 1.165) is 5.56 Å². The third-order valence-corrected chi connectivity index (χ3v) is 5.91. The van der Waals surface area contributed by atoms with Crippen molar-refractivity contribution in [3.8, 4) is 0 Å². The molecule has 0 unspecified atom stereocenters. The lowest BCUT2D eigenvalue weighted by molar-refractivity contribution is -0.127. The Labute approximate surface area is 176 Å². The lowest BCUT2D eigenvalue weighted by atomic mass is 9.76. The average Bonchev–Trinajstić information content (AvgIpc) is 2.99. The number of carbonyl (C=O) groups is 2. The molecule has 1 saturated heterocycles. The summed E-state index contributed by atoms with van der Waals surface area (Å²) in [6.07, 6.45) is 0.574. The van der Waals surface area contributed by atoms with Crippen LogP contribution >= 0.6 is 0 Å². The normalized spacial score (nSPS) is 23.9. The summed E-state index contributed by atoms with van der Waals surface area (Å²) in [5.74, 6) is -0.927. The SMILES string of the molecule is CC(C)(C)NC(=O)[C@@H]1CN(Cc2ccccc2F)C[C@]12Cc1ccccc1C(=O)N2. The van der Waals surface area contributed by atoms with Gasteiger partial charge in [0.25, 0.3) is 5.91 Å². The first kappa shape index (κ1) is 20.5. The summed E-state index contributed by atoms with van der Waals surface area (Å²) in [5.41, 5.74) is 1.10. The van der Waals surface area contributed by atoms with Gasteiger partial charge in [-0.05, 0) is 44.9 Å². The molecular weight excluding hydrogens is 381 g/mol. The number of hydrogen-bond donors (Lipinski definition) is 2. The maximum atomic E-state index is 14.2. The standard InChI is InChI=1S/C24H28FN3O2/c1-23(2,3)26-22(30)19-14-28(13-17-9-5-7-11-20(17)25)15-24(19)12-16-8-4-6-10-18(16)21(29)27-24/h4-11,19H,12-15H2,1-3H3,(H,26,30)(H,27,29)/t19-,24+/m0/s1. The van der Waals surface area contributed by atoms with Crippen LogP contribution in [0.2, 0.25) is 0 Å². The van der Waals surface area contributed by atoms with E-state index in [4.69, 9.17) is 0 Å². The van der Waals surface area contributed by atoms with E-state index >= 15 is 0 Å². The van der Waals surface area contributed by atoms with Crippen LogP contribution in [-0.2, 0) is 17.8 Å². The monoisotopic (exact) mass is 409 g/mol. The second-order valence-corrected chi connectivity index (χ2v) is 9.50. The molecule has 0 bridgehead atoms. The van der Waals surface area contributed by atoms with Crippen LogP contribution in [0.25, 0.3) is 0 Å². The molecule has 2 atom stereocenters. The van der Waals surface area contributed by atoms with Gasteiger partial charge in [0.05, 0.1) is 11.5 Å². The number of benzene rings is 2. The van der Waals surface area contributed by atoms with Crippen molar-refractivity contribution in [3.05, 3.63) is 71.0 Å². The number of amides is 2. The third-order valence-electron chi connectivity index (χ3n) is 5.91. The second kappa shape index (κ2) is 7.51. The molecule has 2 aromatic carbocycles. The fourth-order valence-electron chi connectivity index (χ4n) is 4.66. The van der Waals surface area contributed by atoms with Crippen molar-refractivity contribution in [2.24, 2.45) is 5.92 Å². The van der Waals surface area contributed by atoms with Crippen LogP contribution in [0.5, 0.6) is 0 Å². The summed E-state index contributed by atoms with van der Waals surface area (Å²) in [5, 5.41) is 6.24. The number of fused-ring (bicyclic) bond motifs is 1. The Morgan fingerprint density at radius 3 is 2.63 bits per heavy atom. The highest BCUT2D eigenvalue weighted by atomic mass is 19.1. The molecule has 30 heavy (non-hydrogen) atoms. The average molecular weight is 410 g/mol. The summed E-state index contributed by atoms with van der Waals surface area (Å²) in [7, 11) is 0. The van der Waals surface area contributed by atoms with Crippen LogP contribution in [0.1, 0.15) is 42.3 Å². The summed E-state index contributed by atoms with van der Waals surface area (Å²) in [4.78, 5) is 28.2. The molecule has 0 aliphatic carbocycles. The van der Waals surface area contributed by atoms with E-state index in [1.165, 1.54) is 6.07 Å². The van der Waals surface area contributed by atoms with Gasteiger partial charge in [-0.2, -0.15) is 0 Å². The number of nitrogens with zero attached hydrogens (tertiary/aromatic N) is 1. The Balaban J connectivity index is 1.66. The number of nitrogens with one attached hydrogen (secondary N) is 2. The molecule has 0 radical (unpaired) electrons. The molecule has 1 fully saturated rings. The molecule has 2 aromatic rings. The van der Waals surface area contributed by atoms with E-state index in [-0.39, 0.29) is 23.2 Å². The van der Waals surface area contributed by atoms with Crippen LogP contribution in [0.3, 0.4) is 0 Å². The summed E-state index contributed by atoms with van der Waals surface area (Å²) in [6, 6.07) is 14.2. The molecule has 2 aliphatic heterocycles. The van der Waals surface area contributed by atoms with E-state index < -0.39 is 11.5 Å². The van der Waals surface area contributed by atoms with Crippen molar-refractivity contribution in [1.29, 1.82) is 0 Å². The highest BCUT2D eigenvalue weighted by molar-refractivity contribution is 5.98. The number of rotatable bonds is 3. The lowest BCUT2D eigenvalue weighted by Crippen LogP contribution is -2.62. The summed E-state index contributed by atoms with van der Waals surface area (Å²) < 4.78 is 14.2. The minimum absolute atomic E-state index is 0.0850. The topological polar surface area (TPSA) is 61.4 Å². The van der Waals surface area contributed by atoms with Crippen LogP contribution < -0.4 is 10.6 Å². The van der Waals surface area contributed by atoms with E-state index in [1.807, 2.05) is 51.1 Å². The van der Waals surface area contributed by atoms with E-state index in [1.54, 1.807) is 12.1 Å². The summed E-state index contributed by atoms with van der Waals surface area (Å²) >= 11 is 0. The van der Waals surface area contributed by atoms with Crippen LogP contribution in [-0.4, -0.2) is 40.9 Å². The number of halogens is 1. The van der Waals surface area contributed by atoms with Crippen molar-refractivity contribution in [2.45, 2.75) is 44.8 Å². The molecule has 4 rings (SSSR count). The maximum absolute atomic E-state index is 14.2. The highest BCUT2D eigenvalue weighted by Crippen LogP contribution is 2.36. The molecule has 5 nitrogen and oxygen atoms in total. The zero-order valence-corrected chi connectivity index (χ0v) is 17.7. The Morgan fingerprint density at radius 1 is 1.20 bits per heavy atom. The van der Waals surface area contributed by atoms with E-state index in [9.17, 15) is 14.0 Å². The van der Waals surface area contributed by atoms with Crippen molar-refractivity contribution in [3.63, 3.8) is 0 Å². The zero-order chi connectivity index (χ0) is 21.5. The third kappa shape index (κ3) is 3.97. The molecule has 2 aliphatic rings. The first-order chi connectivity index (χ1) is 14.2. The van der Waals surface area contributed by atoms with E-state index in [0.29, 0.717) is 37.2 Å². The zero-order valence-electron chi connectivity index (χ0n) is 17.7. The van der Waals surface area contributed by atoms with Crippen molar-refractivity contribution >= 4 is 11.8 Å². The number of carbonyl (C=O) groups excluding carboxylic acids is 2. The Morgan fingerprint density at radius 2 is 1.90 bits per heavy atom. The van der Waals surface area contributed by atoms with Crippen LogP contribution in [0.4, 0.5) is 4.39 Å². The predicted molar refractivity (Wildman–Crippen MR) is 113 cm³/mol. The van der Waals surface area contributed by atoms with Gasteiger partial charge in [0.2, 0.25) is 5.91 Å². The first-order valence-corrected chi connectivity index (χ1v) is 10.4. The summed E-state index contributed by atoms with van der Waals surface area (Å²) in [6.45, 7) is 7.17. The predicted octanol–water partition coefficient (Wildman–Crippen LogP) is 2.90. The van der Waals surface area contributed by atoms with Gasteiger partial charge in [-0.3, -0.25) is 14.5 Å². The Hall–Kier alpha value is -2.73. The highest BCUT2D eigenvalue weighted by Gasteiger charge is 2.53. The molecule has 1 spiro atoms. The second-order valence-electron chi connectivity index (χ2n) is 9.50. The first-order valence-electron chi connectivity index (χ1n) is 10.4. The van der Waals surface area contributed by atoms with Crippen molar-refractivity contribution in [2.75, 3.05) is 13.1 Å². The van der Waals surface area contributed by atoms with Crippen LogP contribution in [0, 0.1) is 11.7 Å². The largest absolute Gasteiger partial charge is 0.351 e. The van der Waals surface area contributed by atoms with Crippen molar-refractivity contribution in [1.82, 2.24) is 15.5 Å². The molecule has 158 valence electrons. The van der Waals surface area contributed by atoms with Gasteiger partial charge in [-0.1, -0.05) is 36.4 Å². The Kier molecular flexibility index (Phi) is 5.14. The number of hydrogen-bond acceptors (Lipinski definition) is 3. The number of likely N-dealkylation sites (tertiary alicyclic amines) is 1. The molecule has 2 amide bonds. The lowest BCUT2D eigenvalue weighted by Gasteiger charge is -2.40. The molecule has 6 heteroatoms. The van der Waals surface area contributed by atoms with Crippen molar-refractivity contribution < 1.29 is 14.0 Å². The maximum Gasteiger partial charge on any atom is 0.252 e. The molecule has 2 heterocycles. The van der Waals surface area contributed by atoms with Gasteiger partial charge < -0.3 is 10.6 Å². The smallest absolute Gasteiger partial charge is 0.252 e. The molecule has 2 N–H and O–H groups in total. The van der Waals surface area contributed by atoms with Gasteiger partial charge in [0.15, 0.2) is 0 Å². The molecule has 0 saturated carbocycles. The fourth-order valence-corrected chi connectivity index (χ4v) is 4.66. The minimum atomic E-state index is -0.716. The van der Waals surface area contributed by atoms with Gasteiger partial charge in [-0.15, -0.1) is 0 Å². The van der Waals surface area contributed by atoms with Gasteiger partial charge in [-0.25, -0.2) is 4.39 Å². The minimum Gasteiger partial charge on any atom is -0.351 e. The van der Waals surface area contributed by atoms with Gasteiger partial charge in [0, 0.05) is 36.3 Å². The van der Waals surface area contributed by atoms with Gasteiger partial charge >= 0.3 is 0 Å². The van der Waals surface area contributed by atoms with E-state index in [2.05, 4.69) is 15.5 Å². The Bertz CT molecular complexity index is 984. The van der Waals surface area contributed by atoms with Crippen LogP contribution in [0.15, 0.2) is 48.5 Å². The van der Waals surface area contributed by atoms with Gasteiger partial charge in [0.1, 0.15) is 5.82 Å². The molecule has 0 aromatic heterocycles. The molecular formula is C24H28FN3O2. The quantitative estimate of drug-likeness (QED) is 0.820.